The molecule has 0 spiro atoms. The monoisotopic (exact) mass is 479 g/mol. The van der Waals surface area contributed by atoms with Crippen LogP contribution in [-0.2, 0) is 10.0 Å². The zero-order chi connectivity index (χ0) is 23.3. The largest absolute Gasteiger partial charge is 0.367 e. The van der Waals surface area contributed by atoms with Crippen molar-refractivity contribution >= 4 is 50.8 Å². The van der Waals surface area contributed by atoms with Crippen LogP contribution in [0.2, 0.25) is 0 Å². The lowest BCUT2D eigenvalue weighted by Crippen LogP contribution is -2.52. The van der Waals surface area contributed by atoms with Crippen LogP contribution in [0.4, 0.5) is 17.5 Å². The van der Waals surface area contributed by atoms with E-state index in [-0.39, 0.29) is 18.1 Å². The molecular weight excluding hydrogens is 454 g/mol. The lowest BCUT2D eigenvalue weighted by Gasteiger charge is -2.39. The Balaban J connectivity index is 1.25. The van der Waals surface area contributed by atoms with E-state index in [0.29, 0.717) is 11.6 Å². The van der Waals surface area contributed by atoms with Crippen molar-refractivity contribution < 1.29 is 8.42 Å². The molecule has 3 aliphatic heterocycles. The fourth-order valence-corrected chi connectivity index (χ4v) is 7.18. The molecule has 34 heavy (non-hydrogen) atoms. The third kappa shape index (κ3) is 3.72. The molecular formula is C22H25N9O2S. The van der Waals surface area contributed by atoms with Gasteiger partial charge >= 0.3 is 0 Å². The van der Waals surface area contributed by atoms with Crippen LogP contribution in [0.15, 0.2) is 40.7 Å². The van der Waals surface area contributed by atoms with Gasteiger partial charge in [0, 0.05) is 47.5 Å². The average molecular weight is 480 g/mol. The highest BCUT2D eigenvalue weighted by Gasteiger charge is 2.49. The molecule has 0 aromatic carbocycles. The van der Waals surface area contributed by atoms with Crippen LogP contribution in [0, 0.1) is 6.92 Å². The molecule has 3 aromatic rings. The van der Waals surface area contributed by atoms with Crippen molar-refractivity contribution in [2.75, 3.05) is 10.6 Å². The van der Waals surface area contributed by atoms with Gasteiger partial charge in [0.25, 0.3) is 0 Å². The van der Waals surface area contributed by atoms with Crippen LogP contribution < -0.4 is 10.6 Å². The second-order valence-corrected chi connectivity index (χ2v) is 11.0. The first kappa shape index (κ1) is 21.2. The van der Waals surface area contributed by atoms with Gasteiger partial charge in [-0.25, -0.2) is 13.4 Å². The molecule has 12 heteroatoms. The van der Waals surface area contributed by atoms with E-state index in [1.54, 1.807) is 10.5 Å². The number of aromatic amines is 1. The first-order valence-corrected chi connectivity index (χ1v) is 12.9. The lowest BCUT2D eigenvalue weighted by molar-refractivity contribution is 0.235. The fourth-order valence-electron chi connectivity index (χ4n) is 5.26. The van der Waals surface area contributed by atoms with Gasteiger partial charge in [-0.2, -0.15) is 19.6 Å². The van der Waals surface area contributed by atoms with Crippen molar-refractivity contribution in [3.8, 4) is 0 Å². The summed E-state index contributed by atoms with van der Waals surface area (Å²) in [6.45, 7) is 1.94. The maximum atomic E-state index is 13.2. The molecule has 0 aliphatic carbocycles. The Hall–Kier alpha value is -3.38. The number of aryl methyl sites for hydroxylation is 1. The summed E-state index contributed by atoms with van der Waals surface area (Å²) in [5.41, 5.74) is 1.77. The number of nitrogens with one attached hydrogen (secondary N) is 3. The molecule has 0 saturated carbocycles. The molecule has 6 heterocycles. The number of fused-ring (bicyclic) bond motifs is 3. The number of piperidine rings is 1. The van der Waals surface area contributed by atoms with Crippen molar-refractivity contribution in [3.05, 3.63) is 36.2 Å². The van der Waals surface area contributed by atoms with Crippen molar-refractivity contribution in [2.45, 2.75) is 56.0 Å². The summed E-state index contributed by atoms with van der Waals surface area (Å²) in [5, 5.41) is 21.6. The van der Waals surface area contributed by atoms with Gasteiger partial charge in [-0.05, 0) is 44.7 Å². The third-order valence-corrected chi connectivity index (χ3v) is 8.82. The zero-order valence-electron chi connectivity index (χ0n) is 18.6. The SMILES string of the molecule is Cc1cc(Nc2cc3ncccc3c(N[C@@H]3C[C@H]4CC[C@@H](C3)N4S(=O)(=O)C3C=NN=C3)n2)n[nH]1. The Morgan fingerprint density at radius 1 is 1.09 bits per heavy atom. The standard InChI is InChI=1S/C22H25N9O2S/c1-13-7-21(30-29-13)27-20-10-19-18(3-2-6-23-19)22(28-20)26-14-8-15-4-5-16(9-14)31(15)34(32,33)17-11-24-25-12-17/h2-3,6-7,10-12,14-17H,4-5,8-9H2,1H3,(H3,26,27,28,29,30)/t14-,15-,16+. The van der Waals surface area contributed by atoms with Gasteiger partial charge in [0.2, 0.25) is 10.0 Å². The molecule has 0 amide bonds. The smallest absolute Gasteiger partial charge is 0.227 e. The Kier molecular flexibility index (Phi) is 5.06. The highest BCUT2D eigenvalue weighted by molar-refractivity contribution is 7.91. The zero-order valence-corrected chi connectivity index (χ0v) is 19.4. The summed E-state index contributed by atoms with van der Waals surface area (Å²) in [4.78, 5) is 9.33. The van der Waals surface area contributed by atoms with E-state index in [1.165, 1.54) is 12.4 Å². The molecule has 3 N–H and O–H groups in total. The minimum atomic E-state index is -3.51. The van der Waals surface area contributed by atoms with Crippen LogP contribution in [0.25, 0.3) is 10.9 Å². The molecule has 2 saturated heterocycles. The normalized spacial score (nSPS) is 24.8. The number of hydrogen-bond donors (Lipinski definition) is 3. The van der Waals surface area contributed by atoms with Gasteiger partial charge < -0.3 is 10.6 Å². The van der Waals surface area contributed by atoms with Gasteiger partial charge in [0.05, 0.1) is 17.9 Å². The molecule has 3 aromatic heterocycles. The topological polar surface area (TPSA) is 141 Å². The third-order valence-electron chi connectivity index (χ3n) is 6.70. The van der Waals surface area contributed by atoms with E-state index < -0.39 is 15.3 Å². The van der Waals surface area contributed by atoms with Crippen LogP contribution in [-0.4, -0.2) is 68.7 Å². The summed E-state index contributed by atoms with van der Waals surface area (Å²) in [6, 6.07) is 7.71. The van der Waals surface area contributed by atoms with Gasteiger partial charge in [-0.3, -0.25) is 10.1 Å². The first-order valence-electron chi connectivity index (χ1n) is 11.4. The number of anilines is 3. The van der Waals surface area contributed by atoms with Crippen LogP contribution in [0.1, 0.15) is 31.4 Å². The van der Waals surface area contributed by atoms with Crippen molar-refractivity contribution in [2.24, 2.45) is 10.2 Å². The fraction of sp³-hybridized carbons (Fsp3) is 0.409. The van der Waals surface area contributed by atoms with E-state index >= 15 is 0 Å². The molecule has 2 fully saturated rings. The van der Waals surface area contributed by atoms with Crippen molar-refractivity contribution in [3.63, 3.8) is 0 Å². The highest BCUT2D eigenvalue weighted by Crippen LogP contribution is 2.40. The minimum absolute atomic E-state index is 0.0404. The number of H-pyrrole nitrogens is 1. The Labute approximate surface area is 196 Å². The number of pyridine rings is 2. The summed E-state index contributed by atoms with van der Waals surface area (Å²) in [5.74, 6) is 2.06. The maximum absolute atomic E-state index is 13.2. The predicted molar refractivity (Wildman–Crippen MR) is 131 cm³/mol. The number of hydrogen-bond acceptors (Lipinski definition) is 9. The Morgan fingerprint density at radius 3 is 2.56 bits per heavy atom. The number of nitrogens with zero attached hydrogens (tertiary/aromatic N) is 6. The first-order chi connectivity index (χ1) is 16.5. The molecule has 2 bridgehead atoms. The quantitative estimate of drug-likeness (QED) is 0.493. The molecule has 3 aliphatic rings. The van der Waals surface area contributed by atoms with E-state index in [4.69, 9.17) is 4.98 Å². The summed E-state index contributed by atoms with van der Waals surface area (Å²) in [7, 11) is -3.51. The second-order valence-electron chi connectivity index (χ2n) is 9.05. The van der Waals surface area contributed by atoms with Crippen LogP contribution >= 0.6 is 0 Å². The highest BCUT2D eigenvalue weighted by atomic mass is 32.2. The summed E-state index contributed by atoms with van der Waals surface area (Å²) < 4.78 is 28.1. The van der Waals surface area contributed by atoms with E-state index in [1.807, 2.05) is 31.2 Å². The van der Waals surface area contributed by atoms with Gasteiger partial charge in [-0.15, -0.1) is 0 Å². The minimum Gasteiger partial charge on any atom is -0.367 e. The predicted octanol–water partition coefficient (Wildman–Crippen LogP) is 2.58. The summed E-state index contributed by atoms with van der Waals surface area (Å²) >= 11 is 0. The van der Waals surface area contributed by atoms with Gasteiger partial charge in [0.15, 0.2) is 5.82 Å². The van der Waals surface area contributed by atoms with Crippen LogP contribution in [0.3, 0.4) is 0 Å². The van der Waals surface area contributed by atoms with Gasteiger partial charge in [0.1, 0.15) is 16.9 Å². The molecule has 11 nitrogen and oxygen atoms in total. The summed E-state index contributed by atoms with van der Waals surface area (Å²) in [6.07, 6.45) is 7.72. The van der Waals surface area contributed by atoms with E-state index in [2.05, 4.69) is 36.0 Å². The molecule has 176 valence electrons. The molecule has 0 radical (unpaired) electrons. The van der Waals surface area contributed by atoms with Crippen molar-refractivity contribution in [1.82, 2.24) is 24.5 Å². The van der Waals surface area contributed by atoms with E-state index in [9.17, 15) is 8.42 Å². The Morgan fingerprint density at radius 2 is 1.85 bits per heavy atom. The maximum Gasteiger partial charge on any atom is 0.227 e. The molecule has 6 rings (SSSR count). The number of sulfonamides is 1. The molecule has 3 atom stereocenters. The number of aromatic nitrogens is 4. The molecule has 0 unspecified atom stereocenters. The van der Waals surface area contributed by atoms with Crippen LogP contribution in [0.5, 0.6) is 0 Å². The lowest BCUT2D eigenvalue weighted by atomic mass is 9.99. The van der Waals surface area contributed by atoms with E-state index in [0.717, 1.165) is 48.1 Å². The van der Waals surface area contributed by atoms with Crippen molar-refractivity contribution in [1.29, 1.82) is 0 Å². The number of rotatable bonds is 6. The van der Waals surface area contributed by atoms with Gasteiger partial charge in [-0.1, -0.05) is 0 Å². The second kappa shape index (κ2) is 8.13. The average Bonchev–Trinajstić information content (AvgIpc) is 3.55. The Bertz CT molecular complexity index is 1370.